The molecule has 0 aliphatic carbocycles. The van der Waals surface area contributed by atoms with Crippen LogP contribution in [0, 0.1) is 20.8 Å². The maximum atomic E-state index is 6.02. The van der Waals surface area contributed by atoms with Crippen molar-refractivity contribution in [2.75, 3.05) is 0 Å². The molecule has 0 aliphatic heterocycles. The quantitative estimate of drug-likeness (QED) is 0.487. The molecule has 0 amide bonds. The molecule has 0 aliphatic rings. The fourth-order valence-corrected chi connectivity index (χ4v) is 4.07. The number of aromatic nitrogens is 1. The minimum atomic E-state index is 0.713. The van der Waals surface area contributed by atoms with Gasteiger partial charge in [-0.05, 0) is 49.6 Å². The zero-order valence-corrected chi connectivity index (χ0v) is 16.3. The van der Waals surface area contributed by atoms with Crippen LogP contribution >= 0.6 is 22.9 Å². The minimum Gasteiger partial charge on any atom is -0.313 e. The van der Waals surface area contributed by atoms with Gasteiger partial charge in [-0.15, -0.1) is 17.9 Å². The Morgan fingerprint density at radius 2 is 1.76 bits per heavy atom. The molecule has 3 rings (SSSR count). The molecule has 0 atom stereocenters. The number of thiazole rings is 1. The van der Waals surface area contributed by atoms with Gasteiger partial charge >= 0.3 is 0 Å². The summed E-state index contributed by atoms with van der Waals surface area (Å²) in [7, 11) is 0. The molecule has 4 heteroatoms. The van der Waals surface area contributed by atoms with E-state index in [1.807, 2.05) is 30.3 Å². The van der Waals surface area contributed by atoms with Crippen LogP contribution in [0.2, 0.25) is 5.02 Å². The van der Waals surface area contributed by atoms with Gasteiger partial charge in [0.1, 0.15) is 0 Å². The van der Waals surface area contributed by atoms with Gasteiger partial charge in [0, 0.05) is 16.9 Å². The lowest BCUT2D eigenvalue weighted by Gasteiger charge is -2.09. The monoisotopic (exact) mass is 368 g/mol. The van der Waals surface area contributed by atoms with E-state index in [2.05, 4.69) is 49.4 Å². The van der Waals surface area contributed by atoms with Crippen LogP contribution in [0.1, 0.15) is 16.7 Å². The van der Waals surface area contributed by atoms with Crippen LogP contribution in [0.15, 0.2) is 59.4 Å². The van der Waals surface area contributed by atoms with Gasteiger partial charge in [-0.3, -0.25) is 0 Å². The van der Waals surface area contributed by atoms with Gasteiger partial charge in [-0.1, -0.05) is 47.5 Å². The largest absolute Gasteiger partial charge is 0.313 e. The van der Waals surface area contributed by atoms with Crippen LogP contribution < -0.4 is 4.80 Å². The van der Waals surface area contributed by atoms with Crippen molar-refractivity contribution in [2.24, 2.45) is 4.99 Å². The van der Waals surface area contributed by atoms with Crippen molar-refractivity contribution in [1.82, 2.24) is 4.57 Å². The van der Waals surface area contributed by atoms with Crippen molar-refractivity contribution in [3.63, 3.8) is 0 Å². The van der Waals surface area contributed by atoms with Gasteiger partial charge in [-0.25, -0.2) is 4.99 Å². The van der Waals surface area contributed by atoms with E-state index >= 15 is 0 Å². The molecule has 128 valence electrons. The second-order valence-corrected chi connectivity index (χ2v) is 7.44. The predicted molar refractivity (Wildman–Crippen MR) is 109 cm³/mol. The van der Waals surface area contributed by atoms with Crippen LogP contribution in [-0.4, -0.2) is 4.57 Å². The lowest BCUT2D eigenvalue weighted by Crippen LogP contribution is -2.15. The Labute approximate surface area is 157 Å². The van der Waals surface area contributed by atoms with E-state index in [9.17, 15) is 0 Å². The number of aryl methyl sites for hydroxylation is 3. The van der Waals surface area contributed by atoms with Crippen LogP contribution in [0.4, 0.5) is 5.69 Å². The summed E-state index contributed by atoms with van der Waals surface area (Å²) >= 11 is 7.67. The molecule has 0 unspecified atom stereocenters. The maximum Gasteiger partial charge on any atom is 0.190 e. The molecule has 1 heterocycles. The smallest absolute Gasteiger partial charge is 0.190 e. The summed E-state index contributed by atoms with van der Waals surface area (Å²) < 4.78 is 2.19. The fourth-order valence-electron chi connectivity index (χ4n) is 3.02. The molecule has 0 radical (unpaired) electrons. The average Bonchev–Trinajstić information content (AvgIpc) is 2.95. The zero-order valence-electron chi connectivity index (χ0n) is 14.7. The lowest BCUT2D eigenvalue weighted by atomic mass is 10.1. The van der Waals surface area contributed by atoms with Gasteiger partial charge in [0.05, 0.1) is 11.4 Å². The Balaban J connectivity index is 2.18. The SMILES string of the molecule is C=CCn1c(-c2ccc(Cl)cc2)csc1=Nc1c(C)cc(C)cc1C. The number of nitrogens with zero attached hydrogens (tertiary/aromatic N) is 2. The summed E-state index contributed by atoms with van der Waals surface area (Å²) in [5, 5.41) is 2.88. The van der Waals surface area contributed by atoms with Gasteiger partial charge in [-0.2, -0.15) is 0 Å². The highest BCUT2D eigenvalue weighted by molar-refractivity contribution is 7.07. The first-order valence-corrected chi connectivity index (χ1v) is 9.43. The summed E-state index contributed by atoms with van der Waals surface area (Å²) in [6, 6.07) is 12.3. The molecule has 0 spiro atoms. The third-order valence-electron chi connectivity index (χ3n) is 4.09. The first-order valence-electron chi connectivity index (χ1n) is 8.17. The van der Waals surface area contributed by atoms with Crippen molar-refractivity contribution < 1.29 is 0 Å². The summed E-state index contributed by atoms with van der Waals surface area (Å²) in [5.41, 5.74) is 6.96. The van der Waals surface area contributed by atoms with E-state index in [1.54, 1.807) is 11.3 Å². The number of allylic oxidation sites excluding steroid dienone is 1. The Morgan fingerprint density at radius 3 is 2.36 bits per heavy atom. The Morgan fingerprint density at radius 1 is 1.12 bits per heavy atom. The van der Waals surface area contributed by atoms with Gasteiger partial charge in [0.2, 0.25) is 0 Å². The molecule has 3 aromatic rings. The second-order valence-electron chi connectivity index (χ2n) is 6.17. The zero-order chi connectivity index (χ0) is 18.0. The minimum absolute atomic E-state index is 0.713. The highest BCUT2D eigenvalue weighted by Gasteiger charge is 2.09. The van der Waals surface area contributed by atoms with Crippen LogP contribution in [0.3, 0.4) is 0 Å². The van der Waals surface area contributed by atoms with Crippen molar-refractivity contribution in [2.45, 2.75) is 27.3 Å². The van der Waals surface area contributed by atoms with Crippen molar-refractivity contribution >= 4 is 28.6 Å². The fraction of sp³-hybridized carbons (Fsp3) is 0.190. The normalized spacial score (nSPS) is 11.8. The number of hydrogen-bond donors (Lipinski definition) is 0. The van der Waals surface area contributed by atoms with Gasteiger partial charge in [0.15, 0.2) is 4.80 Å². The summed E-state index contributed by atoms with van der Waals surface area (Å²) in [4.78, 5) is 5.94. The number of rotatable bonds is 4. The summed E-state index contributed by atoms with van der Waals surface area (Å²) in [5.74, 6) is 0. The topological polar surface area (TPSA) is 17.3 Å². The number of hydrogen-bond acceptors (Lipinski definition) is 2. The van der Waals surface area contributed by atoms with Gasteiger partial charge < -0.3 is 4.57 Å². The summed E-state index contributed by atoms with van der Waals surface area (Å²) in [6.07, 6.45) is 1.90. The molecular formula is C21H21ClN2S. The van der Waals surface area contributed by atoms with E-state index in [1.165, 1.54) is 16.7 Å². The molecular weight excluding hydrogens is 348 g/mol. The third kappa shape index (κ3) is 3.78. The van der Waals surface area contributed by atoms with Crippen LogP contribution in [0.5, 0.6) is 0 Å². The lowest BCUT2D eigenvalue weighted by molar-refractivity contribution is 0.800. The van der Waals surface area contributed by atoms with E-state index in [0.717, 1.165) is 26.8 Å². The highest BCUT2D eigenvalue weighted by Crippen LogP contribution is 2.26. The summed E-state index contributed by atoms with van der Waals surface area (Å²) in [6.45, 7) is 11.0. The van der Waals surface area contributed by atoms with E-state index < -0.39 is 0 Å². The molecule has 0 fully saturated rings. The molecule has 0 saturated carbocycles. The molecule has 0 N–H and O–H groups in total. The highest BCUT2D eigenvalue weighted by atomic mass is 35.5. The molecule has 0 bridgehead atoms. The molecule has 2 nitrogen and oxygen atoms in total. The van der Waals surface area contributed by atoms with E-state index in [0.29, 0.717) is 6.54 Å². The van der Waals surface area contributed by atoms with Crippen molar-refractivity contribution in [3.05, 3.63) is 80.9 Å². The molecule has 0 saturated heterocycles. The van der Waals surface area contributed by atoms with Gasteiger partial charge in [0.25, 0.3) is 0 Å². The second kappa shape index (κ2) is 7.42. The Bertz CT molecular complexity index is 955. The van der Waals surface area contributed by atoms with Crippen LogP contribution in [0.25, 0.3) is 11.3 Å². The molecule has 25 heavy (non-hydrogen) atoms. The average molecular weight is 369 g/mol. The van der Waals surface area contributed by atoms with Crippen molar-refractivity contribution in [1.29, 1.82) is 0 Å². The maximum absolute atomic E-state index is 6.02. The molecule has 2 aromatic carbocycles. The molecule has 1 aromatic heterocycles. The Kier molecular flexibility index (Phi) is 5.26. The first-order chi connectivity index (χ1) is 12.0. The standard InChI is InChI=1S/C21H21ClN2S/c1-5-10-24-19(17-6-8-18(22)9-7-17)13-25-21(24)23-20-15(3)11-14(2)12-16(20)4/h5-9,11-13H,1,10H2,2-4H3. The van der Waals surface area contributed by atoms with Crippen molar-refractivity contribution in [3.8, 4) is 11.3 Å². The Hall–Kier alpha value is -2.10. The van der Waals surface area contributed by atoms with E-state index in [4.69, 9.17) is 16.6 Å². The predicted octanol–water partition coefficient (Wildman–Crippen LogP) is 6.21. The van der Waals surface area contributed by atoms with E-state index in [-0.39, 0.29) is 0 Å². The van der Waals surface area contributed by atoms with Crippen LogP contribution in [-0.2, 0) is 6.54 Å². The number of benzene rings is 2. The number of halogens is 1. The first kappa shape index (κ1) is 17.7. The third-order valence-corrected chi connectivity index (χ3v) is 5.21.